The smallest absolute Gasteiger partial charge is 0.122 e. The van der Waals surface area contributed by atoms with E-state index >= 15 is 0 Å². The Morgan fingerprint density at radius 1 is 1.17 bits per heavy atom. The highest BCUT2D eigenvalue weighted by Gasteiger charge is 2.26. The summed E-state index contributed by atoms with van der Waals surface area (Å²) in [6, 6.07) is 18.3. The van der Waals surface area contributed by atoms with Gasteiger partial charge in [-0.25, -0.2) is 0 Å². The number of hydrogen-bond acceptors (Lipinski definition) is 5. The minimum atomic E-state index is 0.414. The molecule has 29 heavy (non-hydrogen) atoms. The first-order valence-electron chi connectivity index (χ1n) is 9.97. The molecule has 0 aliphatic carbocycles. The first-order valence-corrected chi connectivity index (χ1v) is 9.97. The summed E-state index contributed by atoms with van der Waals surface area (Å²) in [5, 5.41) is 10.1. The van der Waals surface area contributed by atoms with Gasteiger partial charge in [-0.3, -0.25) is 4.98 Å². The van der Waals surface area contributed by atoms with Crippen LogP contribution in [-0.4, -0.2) is 31.3 Å². The summed E-state index contributed by atoms with van der Waals surface area (Å²) in [7, 11) is 1.77. The number of hydrogen-bond donors (Lipinski definition) is 0. The average molecular weight is 387 g/mol. The molecule has 2 heterocycles. The standard InChI is InChI=1S/C24H25N3O2/c1-17-12-24(27-11-3-4-20(27)16-28-2)22-10-9-21(13-23(22)26-17)29-15-19-7-5-18(14-25)6-8-19/h5-10,12-13,20H,3-4,11,15-16H2,1-2H3/t20-/m1/s1. The third kappa shape index (κ3) is 4.18. The van der Waals surface area contributed by atoms with Gasteiger partial charge in [-0.05, 0) is 55.7 Å². The van der Waals surface area contributed by atoms with Crippen LogP contribution in [0.15, 0.2) is 48.5 Å². The van der Waals surface area contributed by atoms with Crippen molar-refractivity contribution in [3.05, 3.63) is 65.4 Å². The van der Waals surface area contributed by atoms with Gasteiger partial charge in [-0.15, -0.1) is 0 Å². The number of methoxy groups -OCH3 is 1. The second-order valence-electron chi connectivity index (χ2n) is 7.50. The molecule has 0 unspecified atom stereocenters. The quantitative estimate of drug-likeness (QED) is 0.618. The van der Waals surface area contributed by atoms with Crippen molar-refractivity contribution in [2.45, 2.75) is 32.4 Å². The average Bonchev–Trinajstić information content (AvgIpc) is 3.20. The molecule has 0 spiro atoms. The first-order chi connectivity index (χ1) is 14.2. The summed E-state index contributed by atoms with van der Waals surface area (Å²) in [6.07, 6.45) is 2.34. The fraction of sp³-hybridized carbons (Fsp3) is 0.333. The van der Waals surface area contributed by atoms with E-state index in [1.807, 2.05) is 43.3 Å². The van der Waals surface area contributed by atoms with Gasteiger partial charge in [-0.1, -0.05) is 12.1 Å². The maximum atomic E-state index is 8.91. The Morgan fingerprint density at radius 2 is 2.00 bits per heavy atom. The van der Waals surface area contributed by atoms with E-state index in [-0.39, 0.29) is 0 Å². The maximum absolute atomic E-state index is 8.91. The molecule has 1 saturated heterocycles. The van der Waals surface area contributed by atoms with E-state index < -0.39 is 0 Å². The third-order valence-corrected chi connectivity index (χ3v) is 5.42. The van der Waals surface area contributed by atoms with Crippen molar-refractivity contribution in [2.75, 3.05) is 25.2 Å². The fourth-order valence-corrected chi connectivity index (χ4v) is 4.01. The molecule has 3 aromatic rings. The molecule has 5 nitrogen and oxygen atoms in total. The van der Waals surface area contributed by atoms with Gasteiger partial charge in [0.1, 0.15) is 12.4 Å². The Kier molecular flexibility index (Phi) is 5.64. The molecule has 2 aromatic carbocycles. The Balaban J connectivity index is 1.58. The molecule has 1 aliphatic rings. The zero-order valence-electron chi connectivity index (χ0n) is 16.9. The van der Waals surface area contributed by atoms with Crippen molar-refractivity contribution in [1.82, 2.24) is 4.98 Å². The second-order valence-corrected chi connectivity index (χ2v) is 7.50. The number of nitrogens with zero attached hydrogens (tertiary/aromatic N) is 3. The van der Waals surface area contributed by atoms with Gasteiger partial charge in [0.05, 0.1) is 29.8 Å². The summed E-state index contributed by atoms with van der Waals surface area (Å²) in [4.78, 5) is 7.20. The molecule has 1 aromatic heterocycles. The predicted octanol–water partition coefficient (Wildman–Crippen LogP) is 4.61. The van der Waals surface area contributed by atoms with Crippen LogP contribution in [0.2, 0.25) is 0 Å². The van der Waals surface area contributed by atoms with Crippen LogP contribution in [0.3, 0.4) is 0 Å². The van der Waals surface area contributed by atoms with Crippen molar-refractivity contribution in [1.29, 1.82) is 5.26 Å². The number of fused-ring (bicyclic) bond motifs is 1. The number of aryl methyl sites for hydroxylation is 1. The summed E-state index contributed by atoms with van der Waals surface area (Å²) in [5.41, 5.74) is 4.85. The number of anilines is 1. The molecule has 1 atom stereocenters. The van der Waals surface area contributed by atoms with Crippen molar-refractivity contribution in [3.63, 3.8) is 0 Å². The number of rotatable bonds is 6. The molecule has 0 N–H and O–H groups in total. The van der Waals surface area contributed by atoms with Crippen molar-refractivity contribution in [2.24, 2.45) is 0 Å². The molecule has 5 heteroatoms. The molecule has 0 amide bonds. The zero-order valence-corrected chi connectivity index (χ0v) is 16.9. The van der Waals surface area contributed by atoms with Gasteiger partial charge in [0.15, 0.2) is 0 Å². The van der Waals surface area contributed by atoms with Gasteiger partial charge in [0, 0.05) is 36.5 Å². The van der Waals surface area contributed by atoms with E-state index in [0.717, 1.165) is 47.5 Å². The van der Waals surface area contributed by atoms with Gasteiger partial charge >= 0.3 is 0 Å². The Hall–Kier alpha value is -3.10. The molecule has 1 aliphatic heterocycles. The van der Waals surface area contributed by atoms with E-state index in [2.05, 4.69) is 23.1 Å². The number of aromatic nitrogens is 1. The number of ether oxygens (including phenoxy) is 2. The van der Waals surface area contributed by atoms with Crippen molar-refractivity contribution >= 4 is 16.6 Å². The van der Waals surface area contributed by atoms with Crippen LogP contribution in [0.25, 0.3) is 10.9 Å². The summed E-state index contributed by atoms with van der Waals surface area (Å²) in [5.74, 6) is 0.792. The van der Waals surface area contributed by atoms with Gasteiger partial charge in [0.25, 0.3) is 0 Å². The molecule has 0 saturated carbocycles. The molecule has 0 radical (unpaired) electrons. The first kappa shape index (κ1) is 19.2. The van der Waals surface area contributed by atoms with Crippen LogP contribution >= 0.6 is 0 Å². The highest BCUT2D eigenvalue weighted by molar-refractivity contribution is 5.93. The topological polar surface area (TPSA) is 58.4 Å². The monoisotopic (exact) mass is 387 g/mol. The SMILES string of the molecule is COC[C@H]1CCCN1c1cc(C)nc2cc(OCc3ccc(C#N)cc3)ccc12. The highest BCUT2D eigenvalue weighted by Crippen LogP contribution is 2.34. The molecule has 1 fully saturated rings. The summed E-state index contributed by atoms with van der Waals surface area (Å²) >= 11 is 0. The van der Waals surface area contributed by atoms with Crippen LogP contribution < -0.4 is 9.64 Å². The van der Waals surface area contributed by atoms with Crippen LogP contribution in [-0.2, 0) is 11.3 Å². The van der Waals surface area contributed by atoms with Crippen molar-refractivity contribution < 1.29 is 9.47 Å². The van der Waals surface area contributed by atoms with E-state index in [1.165, 1.54) is 12.1 Å². The lowest BCUT2D eigenvalue weighted by atomic mass is 10.1. The fourth-order valence-electron chi connectivity index (χ4n) is 4.01. The Morgan fingerprint density at radius 3 is 2.76 bits per heavy atom. The number of pyridine rings is 1. The second kappa shape index (κ2) is 8.50. The third-order valence-electron chi connectivity index (χ3n) is 5.42. The molecular formula is C24H25N3O2. The van der Waals surface area contributed by atoms with Crippen molar-refractivity contribution in [3.8, 4) is 11.8 Å². The summed E-state index contributed by atoms with van der Waals surface area (Å²) < 4.78 is 11.4. The molecule has 4 rings (SSSR count). The molecule has 148 valence electrons. The van der Waals surface area contributed by atoms with Crippen LogP contribution in [0.1, 0.15) is 29.7 Å². The highest BCUT2D eigenvalue weighted by atomic mass is 16.5. The lowest BCUT2D eigenvalue weighted by Gasteiger charge is -2.28. The van der Waals surface area contributed by atoms with Gasteiger partial charge in [-0.2, -0.15) is 5.26 Å². The lowest BCUT2D eigenvalue weighted by Crippen LogP contribution is -2.33. The van der Waals surface area contributed by atoms with E-state index in [4.69, 9.17) is 19.7 Å². The predicted molar refractivity (Wildman–Crippen MR) is 114 cm³/mol. The minimum absolute atomic E-state index is 0.414. The number of nitriles is 1. The molecular weight excluding hydrogens is 362 g/mol. The van der Waals surface area contributed by atoms with Crippen LogP contribution in [0.4, 0.5) is 5.69 Å². The van der Waals surface area contributed by atoms with E-state index in [9.17, 15) is 0 Å². The minimum Gasteiger partial charge on any atom is -0.489 e. The van der Waals surface area contributed by atoms with Gasteiger partial charge in [0.2, 0.25) is 0 Å². The van der Waals surface area contributed by atoms with Crippen LogP contribution in [0, 0.1) is 18.3 Å². The van der Waals surface area contributed by atoms with E-state index in [1.54, 1.807) is 7.11 Å². The lowest BCUT2D eigenvalue weighted by molar-refractivity contribution is 0.181. The maximum Gasteiger partial charge on any atom is 0.122 e. The normalized spacial score (nSPS) is 16.2. The summed E-state index contributed by atoms with van der Waals surface area (Å²) in [6.45, 7) is 4.28. The van der Waals surface area contributed by atoms with Gasteiger partial charge < -0.3 is 14.4 Å². The number of benzene rings is 2. The van der Waals surface area contributed by atoms with Crippen LogP contribution in [0.5, 0.6) is 5.75 Å². The largest absolute Gasteiger partial charge is 0.489 e. The molecule has 0 bridgehead atoms. The Labute approximate surface area is 171 Å². The zero-order chi connectivity index (χ0) is 20.2. The van der Waals surface area contributed by atoms with E-state index in [0.29, 0.717) is 18.2 Å². The Bertz CT molecular complexity index is 1040.